The van der Waals surface area contributed by atoms with E-state index >= 15 is 0 Å². The molecule has 1 rings (SSSR count). The molecule has 0 aliphatic rings. The molecule has 1 aromatic carbocycles. The van der Waals surface area contributed by atoms with Gasteiger partial charge in [-0.3, -0.25) is 0 Å². The highest BCUT2D eigenvalue weighted by molar-refractivity contribution is 5.42. The van der Waals surface area contributed by atoms with Crippen LogP contribution in [-0.2, 0) is 0 Å². The van der Waals surface area contributed by atoms with Gasteiger partial charge < -0.3 is 20.1 Å². The van der Waals surface area contributed by atoms with Gasteiger partial charge in [0.15, 0.2) is 0 Å². The largest absolute Gasteiger partial charge is 0.497 e. The molecule has 2 N–H and O–H groups in total. The Balaban J connectivity index is 3.19. The molecule has 0 saturated heterocycles. The van der Waals surface area contributed by atoms with Gasteiger partial charge in [-0.25, -0.2) is 0 Å². The van der Waals surface area contributed by atoms with Gasteiger partial charge in [0.2, 0.25) is 0 Å². The van der Waals surface area contributed by atoms with Gasteiger partial charge in [0.05, 0.1) is 14.2 Å². The predicted octanol–water partition coefficient (Wildman–Crippen LogP) is 2.29. The first-order valence-corrected chi connectivity index (χ1v) is 6.63. The van der Waals surface area contributed by atoms with Gasteiger partial charge in [0, 0.05) is 11.6 Å². The lowest BCUT2D eigenvalue weighted by molar-refractivity contribution is 0.211. The summed E-state index contributed by atoms with van der Waals surface area (Å²) in [5, 5.41) is 0. The highest BCUT2D eigenvalue weighted by atomic mass is 16.5. The van der Waals surface area contributed by atoms with Crippen molar-refractivity contribution in [1.82, 2.24) is 4.90 Å². The van der Waals surface area contributed by atoms with E-state index in [4.69, 9.17) is 15.2 Å². The minimum Gasteiger partial charge on any atom is -0.497 e. The van der Waals surface area contributed by atoms with Crippen LogP contribution in [0.15, 0.2) is 18.2 Å². The van der Waals surface area contributed by atoms with Crippen molar-refractivity contribution in [1.29, 1.82) is 0 Å². The van der Waals surface area contributed by atoms with Crippen molar-refractivity contribution in [3.63, 3.8) is 0 Å². The summed E-state index contributed by atoms with van der Waals surface area (Å²) >= 11 is 0. The summed E-state index contributed by atoms with van der Waals surface area (Å²) < 4.78 is 10.8. The summed E-state index contributed by atoms with van der Waals surface area (Å²) in [4.78, 5) is 2.21. The van der Waals surface area contributed by atoms with E-state index in [1.165, 1.54) is 0 Å². The molecule has 108 valence electrons. The Morgan fingerprint density at radius 3 is 2.37 bits per heavy atom. The Hall–Kier alpha value is -1.26. The Bertz CT molecular complexity index is 394. The Morgan fingerprint density at radius 1 is 1.21 bits per heavy atom. The molecule has 4 nitrogen and oxygen atoms in total. The highest BCUT2D eigenvalue weighted by Crippen LogP contribution is 2.36. The lowest BCUT2D eigenvalue weighted by Gasteiger charge is -2.31. The molecular weight excluding hydrogens is 240 g/mol. The number of ether oxygens (including phenoxy) is 2. The molecule has 0 spiro atoms. The molecule has 0 bridgehead atoms. The third-order valence-corrected chi connectivity index (χ3v) is 3.47. The smallest absolute Gasteiger partial charge is 0.123 e. The first-order chi connectivity index (χ1) is 9.04. The summed E-state index contributed by atoms with van der Waals surface area (Å²) in [6.45, 7) is 2.91. The quantitative estimate of drug-likeness (QED) is 0.822. The van der Waals surface area contributed by atoms with Crippen molar-refractivity contribution in [3.05, 3.63) is 23.8 Å². The number of methoxy groups -OCH3 is 2. The first kappa shape index (κ1) is 15.8. The van der Waals surface area contributed by atoms with Crippen LogP contribution < -0.4 is 15.2 Å². The molecule has 2 unspecified atom stereocenters. The van der Waals surface area contributed by atoms with Crippen molar-refractivity contribution < 1.29 is 9.47 Å². The second-order valence-corrected chi connectivity index (χ2v) is 5.07. The fourth-order valence-corrected chi connectivity index (χ4v) is 2.58. The molecule has 4 heteroatoms. The van der Waals surface area contributed by atoms with Crippen LogP contribution in [0.5, 0.6) is 11.5 Å². The normalized spacial score (nSPS) is 14.3. The SMILES string of the molecule is COc1ccc(OC)c(C(C(C)CCN)N(C)C)c1. The van der Waals surface area contributed by atoms with Gasteiger partial charge in [-0.05, 0) is 51.2 Å². The van der Waals surface area contributed by atoms with E-state index in [1.807, 2.05) is 12.1 Å². The summed E-state index contributed by atoms with van der Waals surface area (Å²) in [6.07, 6.45) is 0.975. The van der Waals surface area contributed by atoms with Gasteiger partial charge >= 0.3 is 0 Å². The maximum atomic E-state index is 5.70. The van der Waals surface area contributed by atoms with Crippen molar-refractivity contribution in [2.75, 3.05) is 34.9 Å². The molecule has 0 saturated carbocycles. The molecule has 0 aromatic heterocycles. The van der Waals surface area contributed by atoms with Gasteiger partial charge in [0.25, 0.3) is 0 Å². The van der Waals surface area contributed by atoms with Gasteiger partial charge in [-0.2, -0.15) is 0 Å². The zero-order chi connectivity index (χ0) is 14.4. The maximum absolute atomic E-state index is 5.70. The highest BCUT2D eigenvalue weighted by Gasteiger charge is 2.24. The lowest BCUT2D eigenvalue weighted by Crippen LogP contribution is -2.27. The lowest BCUT2D eigenvalue weighted by atomic mass is 9.90. The Labute approximate surface area is 116 Å². The van der Waals surface area contributed by atoms with E-state index in [-0.39, 0.29) is 6.04 Å². The minimum atomic E-state index is 0.258. The molecule has 0 radical (unpaired) electrons. The van der Waals surface area contributed by atoms with Crippen molar-refractivity contribution >= 4 is 0 Å². The van der Waals surface area contributed by atoms with E-state index in [0.717, 1.165) is 23.5 Å². The summed E-state index contributed by atoms with van der Waals surface area (Å²) in [6, 6.07) is 6.19. The molecular formula is C15H26N2O2. The van der Waals surface area contributed by atoms with E-state index in [1.54, 1.807) is 14.2 Å². The number of benzene rings is 1. The maximum Gasteiger partial charge on any atom is 0.123 e. The van der Waals surface area contributed by atoms with Crippen molar-refractivity contribution in [2.24, 2.45) is 11.7 Å². The average molecular weight is 266 g/mol. The van der Waals surface area contributed by atoms with Gasteiger partial charge in [0.1, 0.15) is 11.5 Å². The van der Waals surface area contributed by atoms with Crippen LogP contribution in [0.1, 0.15) is 24.9 Å². The van der Waals surface area contributed by atoms with Crippen molar-refractivity contribution in [3.8, 4) is 11.5 Å². The van der Waals surface area contributed by atoms with Crippen LogP contribution in [0.2, 0.25) is 0 Å². The molecule has 1 aromatic rings. The van der Waals surface area contributed by atoms with Gasteiger partial charge in [-0.1, -0.05) is 6.92 Å². The molecule has 0 amide bonds. The van der Waals surface area contributed by atoms with Crippen LogP contribution in [0, 0.1) is 5.92 Å². The standard InChI is InChI=1S/C15H26N2O2/c1-11(8-9-16)15(17(2)3)13-10-12(18-4)6-7-14(13)19-5/h6-7,10-11,15H,8-9,16H2,1-5H3. The first-order valence-electron chi connectivity index (χ1n) is 6.63. The second kappa shape index (κ2) is 7.36. The number of nitrogens with zero attached hydrogens (tertiary/aromatic N) is 1. The van der Waals surface area contributed by atoms with E-state index in [9.17, 15) is 0 Å². The summed E-state index contributed by atoms with van der Waals surface area (Å²) in [7, 11) is 7.54. The summed E-state index contributed by atoms with van der Waals surface area (Å²) in [5.41, 5.74) is 6.84. The number of nitrogens with two attached hydrogens (primary N) is 1. The van der Waals surface area contributed by atoms with E-state index in [0.29, 0.717) is 12.5 Å². The van der Waals surface area contributed by atoms with E-state index < -0.39 is 0 Å². The fourth-order valence-electron chi connectivity index (χ4n) is 2.58. The van der Waals surface area contributed by atoms with Gasteiger partial charge in [-0.15, -0.1) is 0 Å². The zero-order valence-electron chi connectivity index (χ0n) is 12.6. The third-order valence-electron chi connectivity index (χ3n) is 3.47. The molecule has 0 fully saturated rings. The number of rotatable bonds is 7. The monoisotopic (exact) mass is 266 g/mol. The Kier molecular flexibility index (Phi) is 6.12. The molecule has 0 aliphatic carbocycles. The Morgan fingerprint density at radius 2 is 1.89 bits per heavy atom. The second-order valence-electron chi connectivity index (χ2n) is 5.07. The van der Waals surface area contributed by atoms with Crippen LogP contribution in [0.4, 0.5) is 0 Å². The zero-order valence-corrected chi connectivity index (χ0v) is 12.6. The topological polar surface area (TPSA) is 47.7 Å². The predicted molar refractivity (Wildman–Crippen MR) is 78.8 cm³/mol. The third kappa shape index (κ3) is 3.85. The van der Waals surface area contributed by atoms with Crippen LogP contribution in [0.25, 0.3) is 0 Å². The summed E-state index contributed by atoms with van der Waals surface area (Å²) in [5.74, 6) is 2.19. The molecule has 0 heterocycles. The minimum absolute atomic E-state index is 0.258. The molecule has 0 aliphatic heterocycles. The molecule has 2 atom stereocenters. The number of hydrogen-bond donors (Lipinski definition) is 1. The van der Waals surface area contributed by atoms with Crippen LogP contribution in [0.3, 0.4) is 0 Å². The fraction of sp³-hybridized carbons (Fsp3) is 0.600. The average Bonchev–Trinajstić information content (AvgIpc) is 2.38. The van der Waals surface area contributed by atoms with Crippen LogP contribution >= 0.6 is 0 Å². The molecule has 19 heavy (non-hydrogen) atoms. The van der Waals surface area contributed by atoms with Crippen LogP contribution in [-0.4, -0.2) is 39.8 Å². The van der Waals surface area contributed by atoms with E-state index in [2.05, 4.69) is 32.0 Å². The number of hydrogen-bond acceptors (Lipinski definition) is 4. The van der Waals surface area contributed by atoms with Crippen molar-refractivity contribution in [2.45, 2.75) is 19.4 Å².